The van der Waals surface area contributed by atoms with E-state index in [0.29, 0.717) is 0 Å². The van der Waals surface area contributed by atoms with E-state index in [9.17, 15) is 0 Å². The molecule has 31 heavy (non-hydrogen) atoms. The van der Waals surface area contributed by atoms with E-state index in [2.05, 4.69) is 98.0 Å². The molecule has 0 bridgehead atoms. The molecular formula is C28H25ClSiZr. The molecule has 0 unspecified atom stereocenters. The van der Waals surface area contributed by atoms with Crippen LogP contribution in [0.1, 0.15) is 22.3 Å². The molecule has 0 nitrogen and oxygen atoms in total. The molecule has 3 heteroatoms. The summed E-state index contributed by atoms with van der Waals surface area (Å²) < 4.78 is 3.55. The Morgan fingerprint density at radius 1 is 0.613 bits per heavy atom. The third-order valence-corrected chi connectivity index (χ3v) is 23.1. The summed E-state index contributed by atoms with van der Waals surface area (Å²) in [5, 5.41) is 5.71. The SMILES string of the molecule is C[Si](C)=[Zr]([C]1=CCc2ccc3ccccc3c21)[C]1=CCc2ccc3ccccc3c21.Cl. The predicted molar refractivity (Wildman–Crippen MR) is 136 cm³/mol. The summed E-state index contributed by atoms with van der Waals surface area (Å²) in [4.78, 5) is 0. The van der Waals surface area contributed by atoms with Gasteiger partial charge in [0.2, 0.25) is 0 Å². The molecule has 0 aromatic heterocycles. The van der Waals surface area contributed by atoms with Crippen LogP contribution < -0.4 is 0 Å². The molecule has 4 aromatic carbocycles. The number of hydrogen-bond acceptors (Lipinski definition) is 0. The van der Waals surface area contributed by atoms with Crippen molar-refractivity contribution in [3.8, 4) is 0 Å². The number of benzene rings is 4. The number of allylic oxidation sites excluding steroid dienone is 2. The van der Waals surface area contributed by atoms with Crippen LogP contribution in [0.25, 0.3) is 28.1 Å². The van der Waals surface area contributed by atoms with Gasteiger partial charge >= 0.3 is 187 Å². The third kappa shape index (κ3) is 3.35. The van der Waals surface area contributed by atoms with Crippen molar-refractivity contribution in [3.05, 3.63) is 107 Å². The van der Waals surface area contributed by atoms with E-state index in [1.165, 1.54) is 21.5 Å². The van der Waals surface area contributed by atoms with Gasteiger partial charge in [0.1, 0.15) is 0 Å². The summed E-state index contributed by atoms with van der Waals surface area (Å²) in [5.41, 5.74) is 5.89. The van der Waals surface area contributed by atoms with Gasteiger partial charge in [-0.05, 0) is 0 Å². The Hall–Kier alpha value is -1.73. The second-order valence-electron chi connectivity index (χ2n) is 8.66. The summed E-state index contributed by atoms with van der Waals surface area (Å²) in [6, 6.07) is 27.4. The van der Waals surface area contributed by atoms with E-state index in [-0.39, 0.29) is 12.4 Å². The molecule has 0 heterocycles. The second kappa shape index (κ2) is 8.32. The molecule has 152 valence electrons. The zero-order valence-electron chi connectivity index (χ0n) is 17.9. The van der Waals surface area contributed by atoms with Crippen LogP contribution in [0.4, 0.5) is 0 Å². The average Bonchev–Trinajstić information content (AvgIpc) is 3.39. The molecule has 0 saturated heterocycles. The van der Waals surface area contributed by atoms with E-state index in [1.54, 1.807) is 28.8 Å². The first kappa shape index (κ1) is 21.1. The molecule has 0 spiro atoms. The normalized spacial score (nSPS) is 14.0. The molecule has 0 radical (unpaired) electrons. The third-order valence-electron chi connectivity index (χ3n) is 6.66. The minimum absolute atomic E-state index is 0. The Labute approximate surface area is 198 Å². The summed E-state index contributed by atoms with van der Waals surface area (Å²) >= 11 is -2.03. The standard InChI is InChI=1S/2C13H9.C2H6Si.ClH.Zr/c2*1-2-6-12-10(4-1)8-9-11-5-3-7-13(11)12;1-3-2;;/h2*1-4,6,8-9H,5H2;1-2H3;1H;. The van der Waals surface area contributed by atoms with Crippen LogP contribution >= 0.6 is 12.4 Å². The van der Waals surface area contributed by atoms with Crippen molar-refractivity contribution >= 4 is 45.9 Å². The Balaban J connectivity index is 0.00000204. The van der Waals surface area contributed by atoms with Gasteiger partial charge in [0, 0.05) is 0 Å². The summed E-state index contributed by atoms with van der Waals surface area (Å²) in [5.74, 6) is 0. The van der Waals surface area contributed by atoms with Crippen molar-refractivity contribution in [3.63, 3.8) is 0 Å². The summed E-state index contributed by atoms with van der Waals surface area (Å²) in [6.07, 6.45) is 7.47. The van der Waals surface area contributed by atoms with Gasteiger partial charge in [-0.2, -0.15) is 0 Å². The predicted octanol–water partition coefficient (Wildman–Crippen LogP) is 7.78. The van der Waals surface area contributed by atoms with Gasteiger partial charge in [-0.15, -0.1) is 12.4 Å². The number of halogens is 1. The molecule has 0 atom stereocenters. The Bertz CT molecular complexity index is 1350. The molecule has 0 saturated carbocycles. The molecular weight excluding hydrogens is 491 g/mol. The van der Waals surface area contributed by atoms with Crippen molar-refractivity contribution in [1.82, 2.24) is 0 Å². The fourth-order valence-electron chi connectivity index (χ4n) is 5.38. The average molecular weight is 516 g/mol. The molecule has 4 aromatic rings. The molecule has 2 aliphatic rings. The Kier molecular flexibility index (Phi) is 5.67. The Morgan fingerprint density at radius 2 is 1.06 bits per heavy atom. The molecule has 0 aliphatic heterocycles. The topological polar surface area (TPSA) is 0 Å². The van der Waals surface area contributed by atoms with Gasteiger partial charge in [0.15, 0.2) is 0 Å². The van der Waals surface area contributed by atoms with E-state index in [0.717, 1.165) is 12.8 Å². The van der Waals surface area contributed by atoms with Crippen molar-refractivity contribution in [2.45, 2.75) is 25.9 Å². The zero-order valence-corrected chi connectivity index (χ0v) is 22.2. The number of fused-ring (bicyclic) bond motifs is 6. The van der Waals surface area contributed by atoms with Crippen molar-refractivity contribution in [2.75, 3.05) is 0 Å². The van der Waals surface area contributed by atoms with Crippen molar-refractivity contribution in [2.24, 2.45) is 0 Å². The van der Waals surface area contributed by atoms with Gasteiger partial charge in [0.05, 0.1) is 0 Å². The van der Waals surface area contributed by atoms with Crippen LogP contribution in [0, 0.1) is 0 Å². The van der Waals surface area contributed by atoms with E-state index in [1.807, 2.05) is 0 Å². The number of hydrogen-bond donors (Lipinski definition) is 0. The summed E-state index contributed by atoms with van der Waals surface area (Å²) in [7, 11) is 0. The van der Waals surface area contributed by atoms with Gasteiger partial charge in [-0.3, -0.25) is 0 Å². The fraction of sp³-hybridized carbons (Fsp3) is 0.143. The molecule has 0 N–H and O–H groups in total. The quantitative estimate of drug-likeness (QED) is 0.239. The van der Waals surface area contributed by atoms with Gasteiger partial charge < -0.3 is 0 Å². The smallest absolute Gasteiger partial charge is 0.147 e. The molecule has 6 rings (SSSR count). The van der Waals surface area contributed by atoms with Crippen LogP contribution in [0.15, 0.2) is 84.9 Å². The first-order valence-electron chi connectivity index (χ1n) is 10.8. The van der Waals surface area contributed by atoms with Crippen LogP contribution in [0.5, 0.6) is 0 Å². The van der Waals surface area contributed by atoms with E-state index >= 15 is 0 Å². The maximum absolute atomic E-state index is 2.62. The molecule has 0 amide bonds. The second-order valence-corrected chi connectivity index (χ2v) is 25.5. The Morgan fingerprint density at radius 3 is 1.52 bits per heavy atom. The first-order chi connectivity index (χ1) is 14.7. The first-order valence-corrected chi connectivity index (χ1v) is 19.5. The minimum atomic E-state index is -2.03. The minimum Gasteiger partial charge on any atom is -0.147 e. The van der Waals surface area contributed by atoms with Crippen molar-refractivity contribution in [1.29, 1.82) is 0 Å². The van der Waals surface area contributed by atoms with Crippen molar-refractivity contribution < 1.29 is 20.4 Å². The van der Waals surface area contributed by atoms with Crippen LogP contribution in [0.2, 0.25) is 13.1 Å². The molecule has 2 aliphatic carbocycles. The summed E-state index contributed by atoms with van der Waals surface area (Å²) in [6.45, 7) is 5.15. The number of rotatable bonds is 2. The van der Waals surface area contributed by atoms with Gasteiger partial charge in [-0.1, -0.05) is 0 Å². The zero-order chi connectivity index (χ0) is 20.2. The fourth-order valence-corrected chi connectivity index (χ4v) is 22.0. The van der Waals surface area contributed by atoms with E-state index < -0.39 is 25.8 Å². The van der Waals surface area contributed by atoms with Gasteiger partial charge in [-0.25, -0.2) is 0 Å². The van der Waals surface area contributed by atoms with E-state index in [4.69, 9.17) is 0 Å². The van der Waals surface area contributed by atoms with Crippen LogP contribution in [-0.2, 0) is 33.2 Å². The maximum Gasteiger partial charge on any atom is -0.147 e. The largest absolute Gasteiger partial charge is 0.147 e. The van der Waals surface area contributed by atoms with Crippen LogP contribution in [-0.4, -0.2) is 5.43 Å². The van der Waals surface area contributed by atoms with Crippen LogP contribution in [0.3, 0.4) is 0 Å². The maximum atomic E-state index is 2.62. The monoisotopic (exact) mass is 514 g/mol. The van der Waals surface area contributed by atoms with Gasteiger partial charge in [0.25, 0.3) is 0 Å². The molecule has 0 fully saturated rings.